The summed E-state index contributed by atoms with van der Waals surface area (Å²) in [6, 6.07) is 0.528. The van der Waals surface area contributed by atoms with Gasteiger partial charge in [-0.1, -0.05) is 19.9 Å². The summed E-state index contributed by atoms with van der Waals surface area (Å²) in [4.78, 5) is 15.1. The van der Waals surface area contributed by atoms with E-state index in [9.17, 15) is 0 Å². The van der Waals surface area contributed by atoms with Crippen molar-refractivity contribution in [1.82, 2.24) is 15.3 Å². The summed E-state index contributed by atoms with van der Waals surface area (Å²) in [6.45, 7) is 8.52. The maximum Gasteiger partial charge on any atom is 0.141 e. The van der Waals surface area contributed by atoms with Crippen molar-refractivity contribution < 1.29 is 0 Å². The van der Waals surface area contributed by atoms with E-state index in [-0.39, 0.29) is 0 Å². The van der Waals surface area contributed by atoms with Crippen LogP contribution in [0.1, 0.15) is 39.5 Å². The summed E-state index contributed by atoms with van der Waals surface area (Å²) in [6.07, 6.45) is 12.9. The molecule has 1 aliphatic carbocycles. The van der Waals surface area contributed by atoms with Gasteiger partial charge in [0.25, 0.3) is 0 Å². The third kappa shape index (κ3) is 4.44. The number of H-pyrrole nitrogens is 1. The van der Waals surface area contributed by atoms with Crippen molar-refractivity contribution in [3.05, 3.63) is 39.8 Å². The first-order valence-electron chi connectivity index (χ1n) is 11.4. The van der Waals surface area contributed by atoms with Gasteiger partial charge in [0.2, 0.25) is 0 Å². The van der Waals surface area contributed by atoms with Crippen molar-refractivity contribution in [2.75, 3.05) is 36.4 Å². The van der Waals surface area contributed by atoms with Crippen LogP contribution in [0.15, 0.2) is 44.8 Å². The number of nitrogens with zero attached hydrogens (tertiary/aromatic N) is 3. The molecule has 1 saturated heterocycles. The van der Waals surface area contributed by atoms with Gasteiger partial charge in [0.1, 0.15) is 5.65 Å². The molecule has 0 spiro atoms. The number of aromatic amines is 1. The van der Waals surface area contributed by atoms with E-state index >= 15 is 0 Å². The molecular formula is C24H31BrN6. The Balaban J connectivity index is 1.46. The second-order valence-corrected chi connectivity index (χ2v) is 9.99. The lowest BCUT2D eigenvalue weighted by atomic mass is 10.1. The molecule has 7 heteroatoms. The number of anilines is 2. The van der Waals surface area contributed by atoms with Crippen LogP contribution in [0.5, 0.6) is 0 Å². The minimum Gasteiger partial charge on any atom is -0.370 e. The summed E-state index contributed by atoms with van der Waals surface area (Å²) < 4.78 is 1.05. The largest absolute Gasteiger partial charge is 0.370 e. The summed E-state index contributed by atoms with van der Waals surface area (Å²) >= 11 is 3.81. The number of dihydropyridines is 1. The van der Waals surface area contributed by atoms with Gasteiger partial charge in [-0.05, 0) is 59.6 Å². The molecule has 0 amide bonds. The maximum absolute atomic E-state index is 4.65. The molecule has 5 rings (SSSR count). The van der Waals surface area contributed by atoms with Crippen LogP contribution < -0.4 is 15.5 Å². The van der Waals surface area contributed by atoms with Gasteiger partial charge < -0.3 is 20.5 Å². The Labute approximate surface area is 192 Å². The molecule has 164 valence electrons. The molecule has 31 heavy (non-hydrogen) atoms. The van der Waals surface area contributed by atoms with E-state index < -0.39 is 0 Å². The lowest BCUT2D eigenvalue weighted by Crippen LogP contribution is -2.30. The quantitative estimate of drug-likeness (QED) is 0.518. The molecule has 0 bridgehead atoms. The molecule has 1 unspecified atom stereocenters. The Hall–Kier alpha value is -2.12. The zero-order chi connectivity index (χ0) is 21.4. The molecule has 2 fully saturated rings. The van der Waals surface area contributed by atoms with Crippen LogP contribution in [-0.4, -0.2) is 48.4 Å². The molecule has 0 radical (unpaired) electrons. The molecule has 1 saturated carbocycles. The number of halogens is 1. The molecule has 4 heterocycles. The van der Waals surface area contributed by atoms with Gasteiger partial charge >= 0.3 is 0 Å². The molecule has 3 N–H and O–H groups in total. The summed E-state index contributed by atoms with van der Waals surface area (Å²) in [5.41, 5.74) is 7.20. The first kappa shape index (κ1) is 20.8. The second kappa shape index (κ2) is 8.79. The Kier molecular flexibility index (Phi) is 5.89. The normalized spacial score (nSPS) is 20.6. The average molecular weight is 483 g/mol. The first-order chi connectivity index (χ1) is 15.1. The SMILES string of the molecule is CC(C)NCC1CCN(c2c(Br)cnc3[nH]cc(NC(C4=CCCN=C4)=C4CC4)c23)C1. The van der Waals surface area contributed by atoms with E-state index in [1.807, 2.05) is 12.4 Å². The summed E-state index contributed by atoms with van der Waals surface area (Å²) in [7, 11) is 0. The Morgan fingerprint density at radius 3 is 2.97 bits per heavy atom. The summed E-state index contributed by atoms with van der Waals surface area (Å²) in [5.74, 6) is 0.667. The van der Waals surface area contributed by atoms with Crippen molar-refractivity contribution in [3.63, 3.8) is 0 Å². The van der Waals surface area contributed by atoms with Crippen LogP contribution in [0.4, 0.5) is 11.4 Å². The number of hydrogen-bond acceptors (Lipinski definition) is 5. The van der Waals surface area contributed by atoms with E-state index in [0.717, 1.165) is 48.4 Å². The zero-order valence-corrected chi connectivity index (χ0v) is 19.9. The molecule has 0 aromatic carbocycles. The highest BCUT2D eigenvalue weighted by Gasteiger charge is 2.28. The van der Waals surface area contributed by atoms with E-state index in [1.54, 1.807) is 0 Å². The highest BCUT2D eigenvalue weighted by Crippen LogP contribution is 2.42. The van der Waals surface area contributed by atoms with Crippen molar-refractivity contribution in [3.8, 4) is 0 Å². The van der Waals surface area contributed by atoms with Crippen LogP contribution in [0.3, 0.4) is 0 Å². The van der Waals surface area contributed by atoms with Crippen molar-refractivity contribution in [1.29, 1.82) is 0 Å². The monoisotopic (exact) mass is 482 g/mol. The van der Waals surface area contributed by atoms with E-state index in [2.05, 4.69) is 72.5 Å². The van der Waals surface area contributed by atoms with Gasteiger partial charge in [-0.3, -0.25) is 4.99 Å². The Morgan fingerprint density at radius 1 is 1.35 bits per heavy atom. The van der Waals surface area contributed by atoms with Crippen molar-refractivity contribution in [2.24, 2.45) is 10.9 Å². The van der Waals surface area contributed by atoms with Crippen LogP contribution in [-0.2, 0) is 0 Å². The number of allylic oxidation sites excluding steroid dienone is 2. The number of aromatic nitrogens is 2. The minimum absolute atomic E-state index is 0.528. The van der Waals surface area contributed by atoms with E-state index in [1.165, 1.54) is 47.2 Å². The molecule has 2 aliphatic heterocycles. The number of fused-ring (bicyclic) bond motifs is 1. The number of pyridine rings is 1. The average Bonchev–Trinajstić information content (AvgIpc) is 3.37. The molecule has 1 atom stereocenters. The standard InChI is InChI=1S/C24H31BrN6/c1-15(2)27-10-16-7-9-31(14-16)23-19(25)12-28-24-21(23)20(13-29-24)30-22(17-5-6-17)18-4-3-8-26-11-18/h4,11-13,15-16,27,30H,3,5-10,14H2,1-2H3,(H,28,29). The van der Waals surface area contributed by atoms with E-state index in [4.69, 9.17) is 0 Å². The third-order valence-corrected chi connectivity index (χ3v) is 6.88. The van der Waals surface area contributed by atoms with Gasteiger partial charge in [0, 0.05) is 55.6 Å². The van der Waals surface area contributed by atoms with Crippen molar-refractivity contribution >= 4 is 44.6 Å². The fourth-order valence-electron chi connectivity index (χ4n) is 4.56. The van der Waals surface area contributed by atoms with Gasteiger partial charge in [-0.25, -0.2) is 4.98 Å². The molecular weight excluding hydrogens is 452 g/mol. The lowest BCUT2D eigenvalue weighted by molar-refractivity contribution is 0.480. The van der Waals surface area contributed by atoms with Gasteiger partial charge in [0.15, 0.2) is 0 Å². The smallest absolute Gasteiger partial charge is 0.141 e. The number of aliphatic imine (C=N–C) groups is 1. The predicted molar refractivity (Wildman–Crippen MR) is 133 cm³/mol. The molecule has 2 aromatic heterocycles. The maximum atomic E-state index is 4.65. The van der Waals surface area contributed by atoms with Crippen molar-refractivity contribution in [2.45, 2.75) is 45.6 Å². The van der Waals surface area contributed by atoms with Gasteiger partial charge in [-0.2, -0.15) is 0 Å². The van der Waals surface area contributed by atoms with Crippen LogP contribution in [0.25, 0.3) is 11.0 Å². The molecule has 2 aromatic rings. The highest BCUT2D eigenvalue weighted by molar-refractivity contribution is 9.10. The topological polar surface area (TPSA) is 68.3 Å². The first-order valence-corrected chi connectivity index (χ1v) is 12.2. The fraction of sp³-hybridized carbons (Fsp3) is 0.500. The number of nitrogens with one attached hydrogen (secondary N) is 3. The Bertz CT molecular complexity index is 1060. The highest BCUT2D eigenvalue weighted by atomic mass is 79.9. The van der Waals surface area contributed by atoms with E-state index in [0.29, 0.717) is 12.0 Å². The van der Waals surface area contributed by atoms with Crippen LogP contribution in [0, 0.1) is 5.92 Å². The lowest BCUT2D eigenvalue weighted by Gasteiger charge is -2.23. The Morgan fingerprint density at radius 2 is 2.23 bits per heavy atom. The predicted octanol–water partition coefficient (Wildman–Crippen LogP) is 5.01. The molecule has 3 aliphatic rings. The van der Waals surface area contributed by atoms with Gasteiger partial charge in [0.05, 0.1) is 21.2 Å². The van der Waals surface area contributed by atoms with Crippen LogP contribution in [0.2, 0.25) is 0 Å². The van der Waals surface area contributed by atoms with Gasteiger partial charge in [-0.15, -0.1) is 0 Å². The zero-order valence-electron chi connectivity index (χ0n) is 18.3. The summed E-state index contributed by atoms with van der Waals surface area (Å²) in [5, 5.41) is 8.54. The second-order valence-electron chi connectivity index (χ2n) is 9.13. The number of hydrogen-bond donors (Lipinski definition) is 3. The third-order valence-electron chi connectivity index (χ3n) is 6.30. The fourth-order valence-corrected chi connectivity index (χ4v) is 5.11. The molecule has 6 nitrogen and oxygen atoms in total. The number of rotatable bonds is 7. The van der Waals surface area contributed by atoms with Crippen LogP contribution >= 0.6 is 15.9 Å². The minimum atomic E-state index is 0.528.